The molecule has 130 valence electrons. The van der Waals surface area contributed by atoms with E-state index in [2.05, 4.69) is 30.2 Å². The second kappa shape index (κ2) is 7.51. The maximum Gasteiger partial charge on any atom is 0.224 e. The van der Waals surface area contributed by atoms with Crippen molar-refractivity contribution < 1.29 is 4.79 Å². The second-order valence-corrected chi connectivity index (χ2v) is 8.34. The van der Waals surface area contributed by atoms with Gasteiger partial charge in [0, 0.05) is 43.5 Å². The Kier molecular flexibility index (Phi) is 6.11. The Balaban J connectivity index is 0.00000192. The smallest absolute Gasteiger partial charge is 0.224 e. The van der Waals surface area contributed by atoms with Crippen molar-refractivity contribution in [2.75, 3.05) is 26.2 Å². The summed E-state index contributed by atoms with van der Waals surface area (Å²) in [7, 11) is 0. The van der Waals surface area contributed by atoms with Crippen molar-refractivity contribution in [3.63, 3.8) is 0 Å². The van der Waals surface area contributed by atoms with E-state index in [4.69, 9.17) is 5.73 Å². The predicted molar refractivity (Wildman–Crippen MR) is 98.1 cm³/mol. The van der Waals surface area contributed by atoms with Crippen LogP contribution in [0.5, 0.6) is 0 Å². The number of carbonyl (C=O) groups excluding carboxylic acids is 1. The molecule has 3 rings (SSSR count). The third kappa shape index (κ3) is 4.27. The number of nitrogens with zero attached hydrogens (tertiary/aromatic N) is 2. The van der Waals surface area contributed by atoms with Crippen molar-refractivity contribution in [2.45, 2.75) is 45.7 Å². The fourth-order valence-electron chi connectivity index (χ4n) is 3.55. The lowest BCUT2D eigenvalue weighted by Crippen LogP contribution is -2.52. The molecule has 2 aliphatic heterocycles. The monoisotopic (exact) mass is 357 g/mol. The molecule has 1 atom stereocenters. The van der Waals surface area contributed by atoms with Gasteiger partial charge in [0.15, 0.2) is 0 Å². The van der Waals surface area contributed by atoms with Gasteiger partial charge in [-0.05, 0) is 41.8 Å². The average molecular weight is 358 g/mol. The lowest BCUT2D eigenvalue weighted by molar-refractivity contribution is -0.132. The second-order valence-electron chi connectivity index (χ2n) is 7.34. The zero-order valence-corrected chi connectivity index (χ0v) is 15.7. The van der Waals surface area contributed by atoms with Gasteiger partial charge in [-0.2, -0.15) is 0 Å². The van der Waals surface area contributed by atoms with Crippen LogP contribution in [0.25, 0.3) is 0 Å². The summed E-state index contributed by atoms with van der Waals surface area (Å²) in [6, 6.07) is 2.44. The van der Waals surface area contributed by atoms with E-state index >= 15 is 0 Å². The van der Waals surface area contributed by atoms with Crippen molar-refractivity contribution >= 4 is 29.7 Å². The predicted octanol–water partition coefficient (Wildman–Crippen LogP) is 2.50. The number of halogens is 1. The third-order valence-corrected chi connectivity index (χ3v) is 6.22. The van der Waals surface area contributed by atoms with Crippen LogP contribution in [0.15, 0.2) is 11.4 Å². The Morgan fingerprint density at radius 3 is 2.96 bits per heavy atom. The largest absolute Gasteiger partial charge is 0.338 e. The molecule has 1 unspecified atom stereocenters. The standard InChI is InChI=1S/C17H27N3OS.ClH/c1-17(2)12-19(7-4-15(17)18)8-5-16(21)20-9-3-14-13(11-20)6-10-22-14;/h6,10,15H,3-5,7-9,11-12,18H2,1-2H3;1H. The first-order valence-corrected chi connectivity index (χ1v) is 9.14. The van der Waals surface area contributed by atoms with Crippen LogP contribution in [0.3, 0.4) is 0 Å². The molecular weight excluding hydrogens is 330 g/mol. The van der Waals surface area contributed by atoms with Gasteiger partial charge >= 0.3 is 0 Å². The number of fused-ring (bicyclic) bond motifs is 1. The molecular formula is C17H28ClN3OS. The summed E-state index contributed by atoms with van der Waals surface area (Å²) < 4.78 is 0. The minimum atomic E-state index is 0. The Morgan fingerprint density at radius 1 is 1.43 bits per heavy atom. The van der Waals surface area contributed by atoms with Crippen LogP contribution in [0, 0.1) is 5.41 Å². The Bertz CT molecular complexity index is 546. The molecule has 1 amide bonds. The van der Waals surface area contributed by atoms with E-state index in [0.29, 0.717) is 12.3 Å². The quantitative estimate of drug-likeness (QED) is 0.904. The minimum absolute atomic E-state index is 0. The van der Waals surface area contributed by atoms with Crippen molar-refractivity contribution in [3.05, 3.63) is 21.9 Å². The molecule has 1 aromatic rings. The van der Waals surface area contributed by atoms with Crippen molar-refractivity contribution in [3.8, 4) is 0 Å². The van der Waals surface area contributed by atoms with Gasteiger partial charge in [0.2, 0.25) is 5.91 Å². The summed E-state index contributed by atoms with van der Waals surface area (Å²) in [6.07, 6.45) is 2.68. The highest BCUT2D eigenvalue weighted by Gasteiger charge is 2.33. The number of likely N-dealkylation sites (tertiary alicyclic amines) is 1. The van der Waals surface area contributed by atoms with Gasteiger partial charge in [-0.1, -0.05) is 13.8 Å². The van der Waals surface area contributed by atoms with Crippen LogP contribution in [0.2, 0.25) is 0 Å². The van der Waals surface area contributed by atoms with E-state index in [0.717, 1.165) is 45.6 Å². The molecule has 0 spiro atoms. The summed E-state index contributed by atoms with van der Waals surface area (Å²) >= 11 is 1.82. The molecule has 6 heteroatoms. The number of carbonyl (C=O) groups is 1. The third-order valence-electron chi connectivity index (χ3n) is 5.19. The average Bonchev–Trinajstić information content (AvgIpc) is 2.95. The van der Waals surface area contributed by atoms with E-state index < -0.39 is 0 Å². The molecule has 0 radical (unpaired) electrons. The number of thiophene rings is 1. The van der Waals surface area contributed by atoms with Gasteiger partial charge < -0.3 is 15.5 Å². The molecule has 0 bridgehead atoms. The lowest BCUT2D eigenvalue weighted by atomic mass is 9.79. The summed E-state index contributed by atoms with van der Waals surface area (Å²) in [5.41, 5.74) is 7.67. The van der Waals surface area contributed by atoms with E-state index in [1.54, 1.807) is 0 Å². The molecule has 4 nitrogen and oxygen atoms in total. The minimum Gasteiger partial charge on any atom is -0.338 e. The first-order chi connectivity index (χ1) is 10.5. The van der Waals surface area contributed by atoms with Gasteiger partial charge in [-0.3, -0.25) is 4.79 Å². The Morgan fingerprint density at radius 2 is 2.22 bits per heavy atom. The fourth-order valence-corrected chi connectivity index (χ4v) is 4.44. The number of amides is 1. The highest BCUT2D eigenvalue weighted by atomic mass is 35.5. The van der Waals surface area contributed by atoms with Crippen molar-refractivity contribution in [2.24, 2.45) is 11.1 Å². The summed E-state index contributed by atoms with van der Waals surface area (Å²) in [5, 5.41) is 2.14. The fraction of sp³-hybridized carbons (Fsp3) is 0.706. The first-order valence-electron chi connectivity index (χ1n) is 8.27. The van der Waals surface area contributed by atoms with E-state index in [1.165, 1.54) is 10.4 Å². The number of hydrogen-bond acceptors (Lipinski definition) is 4. The van der Waals surface area contributed by atoms with E-state index in [9.17, 15) is 4.79 Å². The van der Waals surface area contributed by atoms with E-state index in [1.807, 2.05) is 16.2 Å². The van der Waals surface area contributed by atoms with Crippen molar-refractivity contribution in [1.29, 1.82) is 0 Å². The van der Waals surface area contributed by atoms with Gasteiger partial charge in [0.1, 0.15) is 0 Å². The zero-order chi connectivity index (χ0) is 15.7. The lowest BCUT2D eigenvalue weighted by Gasteiger charge is -2.42. The van der Waals surface area contributed by atoms with Crippen LogP contribution >= 0.6 is 23.7 Å². The van der Waals surface area contributed by atoms with Crippen LogP contribution in [0.1, 0.15) is 37.1 Å². The number of rotatable bonds is 3. The van der Waals surface area contributed by atoms with Crippen molar-refractivity contribution in [1.82, 2.24) is 9.80 Å². The zero-order valence-electron chi connectivity index (χ0n) is 14.1. The Labute approximate surface area is 149 Å². The topological polar surface area (TPSA) is 49.6 Å². The maximum atomic E-state index is 12.5. The highest BCUT2D eigenvalue weighted by Crippen LogP contribution is 2.28. The summed E-state index contributed by atoms with van der Waals surface area (Å²) in [6.45, 7) is 9.02. The Hall–Kier alpha value is -0.620. The molecule has 3 heterocycles. The number of hydrogen-bond donors (Lipinski definition) is 1. The number of piperidine rings is 1. The van der Waals surface area contributed by atoms with Gasteiger partial charge in [-0.25, -0.2) is 0 Å². The van der Waals surface area contributed by atoms with Gasteiger partial charge in [-0.15, -0.1) is 23.7 Å². The van der Waals surface area contributed by atoms with Gasteiger partial charge in [0.05, 0.1) is 0 Å². The van der Waals surface area contributed by atoms with Crippen LogP contribution < -0.4 is 5.73 Å². The van der Waals surface area contributed by atoms with Crippen LogP contribution in [-0.4, -0.2) is 47.9 Å². The normalized spacial score (nSPS) is 24.0. The molecule has 2 aliphatic rings. The summed E-state index contributed by atoms with van der Waals surface area (Å²) in [4.78, 5) is 18.4. The molecule has 2 N–H and O–H groups in total. The molecule has 23 heavy (non-hydrogen) atoms. The molecule has 1 fully saturated rings. The van der Waals surface area contributed by atoms with Crippen LogP contribution in [-0.2, 0) is 17.8 Å². The molecule has 1 aromatic heterocycles. The molecule has 0 saturated carbocycles. The van der Waals surface area contributed by atoms with Crippen LogP contribution in [0.4, 0.5) is 0 Å². The molecule has 0 aromatic carbocycles. The molecule has 1 saturated heterocycles. The number of nitrogens with two attached hydrogens (primary N) is 1. The maximum absolute atomic E-state index is 12.5. The SMILES string of the molecule is CC1(C)CN(CCC(=O)N2CCc3sccc3C2)CCC1N.Cl. The van der Waals surface area contributed by atoms with E-state index in [-0.39, 0.29) is 23.9 Å². The first kappa shape index (κ1) is 18.7. The van der Waals surface area contributed by atoms with Gasteiger partial charge in [0.25, 0.3) is 0 Å². The molecule has 0 aliphatic carbocycles. The highest BCUT2D eigenvalue weighted by molar-refractivity contribution is 7.10. The summed E-state index contributed by atoms with van der Waals surface area (Å²) in [5.74, 6) is 0.296.